The number of Topliss-reactive ketones (excluding diaryl/α,β-unsaturated/α-hetero) is 1. The number of ether oxygens (including phenoxy) is 2. The molecule has 1 unspecified atom stereocenters. The molecular weight excluding hydrogens is 394 g/mol. The molecule has 1 aromatic heterocycles. The number of aromatic nitrogens is 1. The van der Waals surface area contributed by atoms with Crippen LogP contribution in [0.4, 0.5) is 0 Å². The van der Waals surface area contributed by atoms with E-state index in [-0.39, 0.29) is 17.8 Å². The number of nitrogens with zero attached hydrogens (tertiary/aromatic N) is 3. The first-order valence-corrected chi connectivity index (χ1v) is 11.0. The summed E-state index contributed by atoms with van der Waals surface area (Å²) in [6.07, 6.45) is 0.789. The van der Waals surface area contributed by atoms with Crippen LogP contribution in [0, 0.1) is 13.8 Å². The quantitative estimate of drug-likeness (QED) is 0.690. The van der Waals surface area contributed by atoms with Gasteiger partial charge in [-0.05, 0) is 38.5 Å². The van der Waals surface area contributed by atoms with Crippen molar-refractivity contribution >= 4 is 11.7 Å². The molecule has 31 heavy (non-hydrogen) atoms. The molecule has 1 atom stereocenters. The fraction of sp³-hybridized carbons (Fsp3) is 0.500. The number of fused-ring (bicyclic) bond motifs is 1. The number of carbonyl (C=O) groups is 2. The van der Waals surface area contributed by atoms with Crippen LogP contribution in [0.3, 0.4) is 0 Å². The summed E-state index contributed by atoms with van der Waals surface area (Å²) in [6, 6.07) is 9.68. The maximum Gasteiger partial charge on any atom is 0.219 e. The molecule has 1 aromatic carbocycles. The summed E-state index contributed by atoms with van der Waals surface area (Å²) in [5.41, 5.74) is 2.77. The van der Waals surface area contributed by atoms with Gasteiger partial charge >= 0.3 is 0 Å². The Balaban J connectivity index is 1.41. The van der Waals surface area contributed by atoms with E-state index in [9.17, 15) is 9.59 Å². The van der Waals surface area contributed by atoms with E-state index in [2.05, 4.69) is 9.47 Å². The number of aryl methyl sites for hydroxylation is 1. The average Bonchev–Trinajstić information content (AvgIpc) is 2.92. The highest BCUT2D eigenvalue weighted by molar-refractivity contribution is 5.99. The summed E-state index contributed by atoms with van der Waals surface area (Å²) in [7, 11) is 0. The van der Waals surface area contributed by atoms with Crippen molar-refractivity contribution in [2.24, 2.45) is 0 Å². The molecule has 7 nitrogen and oxygen atoms in total. The highest BCUT2D eigenvalue weighted by atomic mass is 16.6. The van der Waals surface area contributed by atoms with Gasteiger partial charge in [-0.2, -0.15) is 0 Å². The van der Waals surface area contributed by atoms with Crippen LogP contribution in [0.5, 0.6) is 11.5 Å². The normalized spacial score (nSPS) is 19.2. The lowest BCUT2D eigenvalue weighted by atomic mass is 10.1. The topological polar surface area (TPSA) is 64.0 Å². The number of hydrogen-bond donors (Lipinski definition) is 0. The predicted octanol–water partition coefficient (Wildman–Crippen LogP) is 2.68. The molecule has 7 heteroatoms. The largest absolute Gasteiger partial charge is 0.486 e. The first kappa shape index (κ1) is 21.4. The molecule has 3 heterocycles. The molecule has 0 saturated carbocycles. The number of carbonyl (C=O) groups excluding carboxylic acids is 2. The van der Waals surface area contributed by atoms with Crippen molar-refractivity contribution in [1.29, 1.82) is 0 Å². The van der Waals surface area contributed by atoms with Gasteiger partial charge in [0.25, 0.3) is 0 Å². The highest BCUT2D eigenvalue weighted by Crippen LogP contribution is 2.31. The zero-order valence-corrected chi connectivity index (χ0v) is 18.6. The second-order valence-electron chi connectivity index (χ2n) is 8.45. The van der Waals surface area contributed by atoms with Crippen molar-refractivity contribution in [3.05, 3.63) is 47.3 Å². The third-order valence-electron chi connectivity index (χ3n) is 6.23. The van der Waals surface area contributed by atoms with Crippen molar-refractivity contribution < 1.29 is 19.1 Å². The molecule has 166 valence electrons. The highest BCUT2D eigenvalue weighted by Gasteiger charge is 2.25. The first-order chi connectivity index (χ1) is 14.9. The number of hydrogen-bond acceptors (Lipinski definition) is 5. The maximum atomic E-state index is 13.1. The van der Waals surface area contributed by atoms with Crippen molar-refractivity contribution in [3.8, 4) is 11.5 Å². The van der Waals surface area contributed by atoms with Crippen molar-refractivity contribution in [3.63, 3.8) is 0 Å². The van der Waals surface area contributed by atoms with E-state index < -0.39 is 0 Å². The standard InChI is InChI=1S/C24H31N3O4/c1-17-13-21(22(29)15-25-9-6-10-26(12-11-25)19(3)28)18(2)27(17)14-20-16-30-23-7-4-5-8-24(23)31-20/h4-5,7-8,13,20H,6,9-12,14-16H2,1-3H3. The molecule has 2 aromatic rings. The summed E-state index contributed by atoms with van der Waals surface area (Å²) in [5, 5.41) is 0. The van der Waals surface area contributed by atoms with Crippen LogP contribution in [0.25, 0.3) is 0 Å². The Hall–Kier alpha value is -2.80. The number of ketones is 1. The molecular formula is C24H31N3O4. The zero-order chi connectivity index (χ0) is 22.0. The third-order valence-corrected chi connectivity index (χ3v) is 6.23. The Morgan fingerprint density at radius 1 is 1.06 bits per heavy atom. The SMILES string of the molecule is CC(=O)N1CCCN(CC(=O)c2cc(C)n(CC3COc4ccccc4O3)c2C)CC1. The van der Waals surface area contributed by atoms with Gasteiger partial charge < -0.3 is 18.9 Å². The van der Waals surface area contributed by atoms with E-state index in [4.69, 9.17) is 9.47 Å². The molecule has 4 rings (SSSR count). The van der Waals surface area contributed by atoms with Gasteiger partial charge in [0, 0.05) is 50.1 Å². The van der Waals surface area contributed by atoms with Gasteiger partial charge in [0.1, 0.15) is 6.61 Å². The van der Waals surface area contributed by atoms with Crippen LogP contribution in [0.1, 0.15) is 35.1 Å². The molecule has 1 amide bonds. The fourth-order valence-electron chi connectivity index (χ4n) is 4.45. The first-order valence-electron chi connectivity index (χ1n) is 11.0. The van der Waals surface area contributed by atoms with Gasteiger partial charge in [-0.3, -0.25) is 14.5 Å². The van der Waals surface area contributed by atoms with E-state index in [1.807, 2.05) is 49.1 Å². The molecule has 2 aliphatic rings. The summed E-state index contributed by atoms with van der Waals surface area (Å²) in [6.45, 7) is 10.1. The lowest BCUT2D eigenvalue weighted by molar-refractivity contribution is -0.128. The summed E-state index contributed by atoms with van der Waals surface area (Å²) >= 11 is 0. The Bertz CT molecular complexity index is 968. The zero-order valence-electron chi connectivity index (χ0n) is 18.6. The van der Waals surface area contributed by atoms with Crippen molar-refractivity contribution in [2.45, 2.75) is 39.8 Å². The predicted molar refractivity (Wildman–Crippen MR) is 118 cm³/mol. The molecule has 1 saturated heterocycles. The number of benzene rings is 1. The van der Waals surface area contributed by atoms with E-state index in [0.29, 0.717) is 26.2 Å². The minimum absolute atomic E-state index is 0.105. The Kier molecular flexibility index (Phi) is 6.32. The molecule has 0 N–H and O–H groups in total. The second-order valence-corrected chi connectivity index (χ2v) is 8.45. The lowest BCUT2D eigenvalue weighted by Crippen LogP contribution is -2.36. The van der Waals surface area contributed by atoms with Gasteiger partial charge in [-0.25, -0.2) is 0 Å². The van der Waals surface area contributed by atoms with Crippen LogP contribution < -0.4 is 9.47 Å². The van der Waals surface area contributed by atoms with Crippen LogP contribution in [-0.2, 0) is 11.3 Å². The van der Waals surface area contributed by atoms with Crippen LogP contribution in [-0.4, -0.2) is 71.5 Å². The Labute approximate surface area is 183 Å². The summed E-state index contributed by atoms with van der Waals surface area (Å²) < 4.78 is 14.1. The number of rotatable bonds is 5. The van der Waals surface area contributed by atoms with Gasteiger partial charge in [-0.1, -0.05) is 12.1 Å². The Morgan fingerprint density at radius 3 is 2.61 bits per heavy atom. The monoisotopic (exact) mass is 425 g/mol. The second kappa shape index (κ2) is 9.14. The summed E-state index contributed by atoms with van der Waals surface area (Å²) in [4.78, 5) is 28.7. The van der Waals surface area contributed by atoms with Crippen molar-refractivity contribution in [1.82, 2.24) is 14.4 Å². The minimum Gasteiger partial charge on any atom is -0.486 e. The molecule has 0 spiro atoms. The third kappa shape index (κ3) is 4.77. The number of amides is 1. The van der Waals surface area contributed by atoms with Crippen LogP contribution >= 0.6 is 0 Å². The van der Waals surface area contributed by atoms with Gasteiger partial charge in [0.15, 0.2) is 23.4 Å². The fourth-order valence-corrected chi connectivity index (χ4v) is 4.45. The van der Waals surface area contributed by atoms with E-state index in [1.54, 1.807) is 6.92 Å². The lowest BCUT2D eigenvalue weighted by Gasteiger charge is -2.27. The smallest absolute Gasteiger partial charge is 0.219 e. The molecule has 0 bridgehead atoms. The van der Waals surface area contributed by atoms with Gasteiger partial charge in [0.05, 0.1) is 13.1 Å². The molecule has 1 fully saturated rings. The van der Waals surface area contributed by atoms with E-state index in [1.165, 1.54) is 0 Å². The molecule has 0 aliphatic carbocycles. The van der Waals surface area contributed by atoms with E-state index in [0.717, 1.165) is 54.5 Å². The molecule has 2 aliphatic heterocycles. The maximum absolute atomic E-state index is 13.1. The molecule has 0 radical (unpaired) electrons. The average molecular weight is 426 g/mol. The van der Waals surface area contributed by atoms with Crippen molar-refractivity contribution in [2.75, 3.05) is 39.3 Å². The van der Waals surface area contributed by atoms with Crippen LogP contribution in [0.15, 0.2) is 30.3 Å². The van der Waals surface area contributed by atoms with E-state index >= 15 is 0 Å². The minimum atomic E-state index is -0.106. The van der Waals surface area contributed by atoms with Crippen LogP contribution in [0.2, 0.25) is 0 Å². The summed E-state index contributed by atoms with van der Waals surface area (Å²) in [5.74, 6) is 1.77. The Morgan fingerprint density at radius 2 is 1.84 bits per heavy atom. The van der Waals surface area contributed by atoms with Gasteiger partial charge in [-0.15, -0.1) is 0 Å². The van der Waals surface area contributed by atoms with Gasteiger partial charge in [0.2, 0.25) is 5.91 Å². The number of para-hydroxylation sites is 2.